The summed E-state index contributed by atoms with van der Waals surface area (Å²) in [5, 5.41) is 0. The fourth-order valence-corrected chi connectivity index (χ4v) is 1.89. The van der Waals surface area contributed by atoms with Crippen LogP contribution in [0.15, 0.2) is 0 Å². The van der Waals surface area contributed by atoms with Gasteiger partial charge in [-0.2, -0.15) is 0 Å². The van der Waals surface area contributed by atoms with Crippen molar-refractivity contribution in [1.82, 2.24) is 4.90 Å². The van der Waals surface area contributed by atoms with Gasteiger partial charge < -0.3 is 10.5 Å². The molecule has 2 rings (SSSR count). The highest BCUT2D eigenvalue weighted by Gasteiger charge is 2.37. The molecule has 0 radical (unpaired) electrons. The number of likely N-dealkylation sites (tertiary alicyclic amines) is 1. The van der Waals surface area contributed by atoms with E-state index in [2.05, 4.69) is 4.90 Å². The monoisotopic (exact) mass is 184 g/mol. The Balaban J connectivity index is 1.44. The van der Waals surface area contributed by atoms with Crippen LogP contribution in [0.4, 0.5) is 0 Å². The van der Waals surface area contributed by atoms with Crippen LogP contribution < -0.4 is 5.73 Å². The van der Waals surface area contributed by atoms with Crippen molar-refractivity contribution in [2.24, 2.45) is 11.7 Å². The normalized spacial score (nSPS) is 24.7. The second kappa shape index (κ2) is 4.40. The fraction of sp³-hybridized carbons (Fsp3) is 1.00. The van der Waals surface area contributed by atoms with E-state index >= 15 is 0 Å². The van der Waals surface area contributed by atoms with E-state index in [-0.39, 0.29) is 0 Å². The van der Waals surface area contributed by atoms with Crippen molar-refractivity contribution in [2.45, 2.75) is 25.3 Å². The molecule has 13 heavy (non-hydrogen) atoms. The minimum absolute atomic E-state index is 0.749. The van der Waals surface area contributed by atoms with E-state index in [1.54, 1.807) is 0 Å². The summed E-state index contributed by atoms with van der Waals surface area (Å²) in [6.45, 7) is 5.08. The molecule has 0 amide bonds. The maximum Gasteiger partial charge on any atom is 0.0518 e. The zero-order valence-corrected chi connectivity index (χ0v) is 8.24. The highest BCUT2D eigenvalue weighted by molar-refractivity contribution is 4.92. The molecule has 2 N–H and O–H groups in total. The van der Waals surface area contributed by atoms with Crippen LogP contribution in [0.25, 0.3) is 0 Å². The Morgan fingerprint density at radius 3 is 2.69 bits per heavy atom. The summed E-state index contributed by atoms with van der Waals surface area (Å²) in [5.41, 5.74) is 5.37. The van der Waals surface area contributed by atoms with Gasteiger partial charge in [0.2, 0.25) is 0 Å². The fourth-order valence-electron chi connectivity index (χ4n) is 1.89. The first-order valence-electron chi connectivity index (χ1n) is 5.42. The first kappa shape index (κ1) is 9.44. The summed E-state index contributed by atoms with van der Waals surface area (Å²) < 4.78 is 5.52. The van der Waals surface area contributed by atoms with Gasteiger partial charge in [0, 0.05) is 31.7 Å². The summed E-state index contributed by atoms with van der Waals surface area (Å²) >= 11 is 0. The van der Waals surface area contributed by atoms with Crippen molar-refractivity contribution in [3.8, 4) is 0 Å². The van der Waals surface area contributed by atoms with Crippen molar-refractivity contribution >= 4 is 0 Å². The minimum atomic E-state index is 0.749. The second-order valence-corrected chi connectivity index (χ2v) is 4.27. The Morgan fingerprint density at radius 2 is 2.08 bits per heavy atom. The zero-order chi connectivity index (χ0) is 9.10. The number of ether oxygens (including phenoxy) is 1. The molecular formula is C10H20N2O. The molecule has 3 nitrogen and oxygen atoms in total. The lowest BCUT2D eigenvalue weighted by Crippen LogP contribution is -2.49. The van der Waals surface area contributed by atoms with Crippen molar-refractivity contribution in [1.29, 1.82) is 0 Å². The van der Waals surface area contributed by atoms with Crippen LogP contribution >= 0.6 is 0 Å². The summed E-state index contributed by atoms with van der Waals surface area (Å²) in [6.07, 6.45) is 3.86. The molecule has 1 heterocycles. The molecule has 2 aliphatic rings. The summed E-state index contributed by atoms with van der Waals surface area (Å²) in [5.74, 6) is 0.804. The van der Waals surface area contributed by atoms with Crippen LogP contribution in [0.1, 0.15) is 19.3 Å². The van der Waals surface area contributed by atoms with E-state index in [1.165, 1.54) is 25.9 Å². The molecule has 0 bridgehead atoms. The third-order valence-electron chi connectivity index (χ3n) is 2.90. The standard InChI is InChI=1S/C10H20N2O/c11-4-1-5-13-8-9-6-12(7-9)10-2-3-10/h9-10H,1-8,11H2. The molecule has 76 valence electrons. The molecule has 1 saturated heterocycles. The number of nitrogens with zero attached hydrogens (tertiary/aromatic N) is 1. The molecular weight excluding hydrogens is 164 g/mol. The van der Waals surface area contributed by atoms with Gasteiger partial charge in [0.25, 0.3) is 0 Å². The van der Waals surface area contributed by atoms with Crippen LogP contribution in [0.3, 0.4) is 0 Å². The SMILES string of the molecule is NCCCOCC1CN(C2CC2)C1. The van der Waals surface area contributed by atoms with Crippen molar-refractivity contribution < 1.29 is 4.74 Å². The lowest BCUT2D eigenvalue weighted by Gasteiger charge is -2.39. The van der Waals surface area contributed by atoms with Gasteiger partial charge in [0.1, 0.15) is 0 Å². The summed E-state index contributed by atoms with van der Waals surface area (Å²) in [7, 11) is 0. The maximum absolute atomic E-state index is 5.52. The largest absolute Gasteiger partial charge is 0.381 e. The summed E-state index contributed by atoms with van der Waals surface area (Å²) in [6, 6.07) is 0.945. The van der Waals surface area contributed by atoms with Crippen LogP contribution in [-0.4, -0.2) is 43.8 Å². The molecule has 0 aromatic carbocycles. The topological polar surface area (TPSA) is 38.5 Å². The number of rotatable bonds is 6. The van der Waals surface area contributed by atoms with Gasteiger partial charge >= 0.3 is 0 Å². The molecule has 0 aromatic rings. The van der Waals surface area contributed by atoms with Gasteiger partial charge in [-0.3, -0.25) is 4.90 Å². The Hall–Kier alpha value is -0.120. The van der Waals surface area contributed by atoms with E-state index in [0.717, 1.165) is 38.1 Å². The third-order valence-corrected chi connectivity index (χ3v) is 2.90. The third kappa shape index (κ3) is 2.66. The van der Waals surface area contributed by atoms with Crippen LogP contribution in [0.2, 0.25) is 0 Å². The number of hydrogen-bond acceptors (Lipinski definition) is 3. The number of nitrogens with two attached hydrogens (primary N) is 1. The maximum atomic E-state index is 5.52. The van der Waals surface area contributed by atoms with Gasteiger partial charge in [-0.25, -0.2) is 0 Å². The van der Waals surface area contributed by atoms with E-state index in [1.807, 2.05) is 0 Å². The average molecular weight is 184 g/mol. The van der Waals surface area contributed by atoms with E-state index in [9.17, 15) is 0 Å². The van der Waals surface area contributed by atoms with Crippen LogP contribution in [-0.2, 0) is 4.74 Å². The average Bonchev–Trinajstić information content (AvgIpc) is 2.84. The minimum Gasteiger partial charge on any atom is -0.381 e. The molecule has 0 unspecified atom stereocenters. The van der Waals surface area contributed by atoms with Crippen molar-refractivity contribution in [3.63, 3.8) is 0 Å². The van der Waals surface area contributed by atoms with Gasteiger partial charge in [0.15, 0.2) is 0 Å². The Morgan fingerprint density at radius 1 is 1.31 bits per heavy atom. The van der Waals surface area contributed by atoms with E-state index in [4.69, 9.17) is 10.5 Å². The molecule has 1 aliphatic heterocycles. The van der Waals surface area contributed by atoms with Crippen LogP contribution in [0.5, 0.6) is 0 Å². The summed E-state index contributed by atoms with van der Waals surface area (Å²) in [4.78, 5) is 2.58. The lowest BCUT2D eigenvalue weighted by atomic mass is 10.0. The lowest BCUT2D eigenvalue weighted by molar-refractivity contribution is 0.0103. The Labute approximate surface area is 80.2 Å². The smallest absolute Gasteiger partial charge is 0.0518 e. The molecule has 1 aliphatic carbocycles. The van der Waals surface area contributed by atoms with Gasteiger partial charge in [-0.1, -0.05) is 0 Å². The van der Waals surface area contributed by atoms with Crippen molar-refractivity contribution in [2.75, 3.05) is 32.8 Å². The quantitative estimate of drug-likeness (QED) is 0.609. The molecule has 0 spiro atoms. The molecule has 2 fully saturated rings. The van der Waals surface area contributed by atoms with Gasteiger partial charge in [0.05, 0.1) is 6.61 Å². The predicted octanol–water partition coefficient (Wildman–Crippen LogP) is 0.446. The second-order valence-electron chi connectivity index (χ2n) is 4.27. The van der Waals surface area contributed by atoms with Crippen LogP contribution in [0, 0.1) is 5.92 Å². The molecule has 3 heteroatoms. The van der Waals surface area contributed by atoms with E-state index in [0.29, 0.717) is 0 Å². The van der Waals surface area contributed by atoms with E-state index < -0.39 is 0 Å². The van der Waals surface area contributed by atoms with Gasteiger partial charge in [-0.15, -0.1) is 0 Å². The Kier molecular flexibility index (Phi) is 3.19. The molecule has 0 atom stereocenters. The van der Waals surface area contributed by atoms with Gasteiger partial charge in [-0.05, 0) is 25.8 Å². The highest BCUT2D eigenvalue weighted by Crippen LogP contribution is 2.32. The van der Waals surface area contributed by atoms with Crippen molar-refractivity contribution in [3.05, 3.63) is 0 Å². The zero-order valence-electron chi connectivity index (χ0n) is 8.24. The Bertz CT molecular complexity index is 153. The number of hydrogen-bond donors (Lipinski definition) is 1. The molecule has 1 saturated carbocycles. The first-order valence-corrected chi connectivity index (χ1v) is 5.42. The first-order chi connectivity index (χ1) is 6.40. The highest BCUT2D eigenvalue weighted by atomic mass is 16.5. The molecule has 0 aromatic heterocycles. The predicted molar refractivity (Wildman–Crippen MR) is 52.6 cm³/mol.